The normalized spacial score (nSPS) is 14.6. The van der Waals surface area contributed by atoms with Gasteiger partial charge in [0.1, 0.15) is 0 Å². The van der Waals surface area contributed by atoms with Crippen LogP contribution < -0.4 is 0 Å². The van der Waals surface area contributed by atoms with Gasteiger partial charge in [-0.05, 0) is 42.2 Å². The summed E-state index contributed by atoms with van der Waals surface area (Å²) >= 11 is 5.34. The largest absolute Gasteiger partial charge is 0.478 e. The molecule has 1 aromatic rings. The van der Waals surface area contributed by atoms with Crippen LogP contribution in [0.1, 0.15) is 33.5 Å². The Balaban J connectivity index is 2.61. The molecule has 18 heavy (non-hydrogen) atoms. The number of aryl methyl sites for hydroxylation is 2. The predicted octanol–water partition coefficient (Wildman–Crippen LogP) is 3.71. The molecule has 0 saturated carbocycles. The SMILES string of the molecule is Cc1cc(C)c(C2=CC=CCC2=S)cc1C(=O)O. The van der Waals surface area contributed by atoms with E-state index in [0.29, 0.717) is 5.56 Å². The minimum absolute atomic E-state index is 0.342. The number of carboxylic acids is 1. The van der Waals surface area contributed by atoms with Crippen molar-refractivity contribution in [3.63, 3.8) is 0 Å². The zero-order chi connectivity index (χ0) is 13.3. The molecule has 1 aromatic carbocycles. The van der Waals surface area contributed by atoms with E-state index in [2.05, 4.69) is 0 Å². The third-order valence-corrected chi connectivity index (χ3v) is 3.48. The Bertz CT molecular complexity index is 595. The van der Waals surface area contributed by atoms with Crippen molar-refractivity contribution >= 4 is 28.6 Å². The van der Waals surface area contributed by atoms with Crippen LogP contribution in [0, 0.1) is 13.8 Å². The molecule has 0 amide bonds. The number of aromatic carboxylic acids is 1. The number of allylic oxidation sites excluding steroid dienone is 4. The number of carboxylic acid groups (broad SMARTS) is 1. The van der Waals surface area contributed by atoms with Gasteiger partial charge in [-0.25, -0.2) is 4.79 Å². The van der Waals surface area contributed by atoms with Crippen molar-refractivity contribution in [3.05, 3.63) is 52.6 Å². The summed E-state index contributed by atoms with van der Waals surface area (Å²) in [5.41, 5.74) is 4.07. The topological polar surface area (TPSA) is 37.3 Å². The summed E-state index contributed by atoms with van der Waals surface area (Å²) in [6.45, 7) is 3.80. The van der Waals surface area contributed by atoms with Crippen LogP contribution in [0.2, 0.25) is 0 Å². The molecule has 0 bridgehead atoms. The van der Waals surface area contributed by atoms with E-state index in [-0.39, 0.29) is 0 Å². The molecule has 0 unspecified atom stereocenters. The maximum atomic E-state index is 11.2. The van der Waals surface area contributed by atoms with Crippen molar-refractivity contribution in [3.8, 4) is 0 Å². The highest BCUT2D eigenvalue weighted by atomic mass is 32.1. The van der Waals surface area contributed by atoms with Gasteiger partial charge < -0.3 is 5.11 Å². The smallest absolute Gasteiger partial charge is 0.335 e. The molecular formula is C15H14O2S. The average Bonchev–Trinajstić information content (AvgIpc) is 2.30. The van der Waals surface area contributed by atoms with Crippen molar-refractivity contribution in [2.75, 3.05) is 0 Å². The second-order valence-electron chi connectivity index (χ2n) is 4.42. The quantitative estimate of drug-likeness (QED) is 0.822. The molecule has 1 aliphatic rings. The average molecular weight is 258 g/mol. The molecule has 1 aliphatic carbocycles. The summed E-state index contributed by atoms with van der Waals surface area (Å²) in [5, 5.41) is 9.18. The fourth-order valence-corrected chi connectivity index (χ4v) is 2.43. The van der Waals surface area contributed by atoms with E-state index < -0.39 is 5.97 Å². The summed E-state index contributed by atoms with van der Waals surface area (Å²) in [4.78, 5) is 12.0. The molecule has 0 atom stereocenters. The highest BCUT2D eigenvalue weighted by Crippen LogP contribution is 2.27. The van der Waals surface area contributed by atoms with Gasteiger partial charge in [-0.3, -0.25) is 0 Å². The second kappa shape index (κ2) is 4.86. The number of hydrogen-bond acceptors (Lipinski definition) is 2. The van der Waals surface area contributed by atoms with E-state index >= 15 is 0 Å². The lowest BCUT2D eigenvalue weighted by molar-refractivity contribution is 0.0696. The maximum absolute atomic E-state index is 11.2. The molecule has 2 rings (SSSR count). The van der Waals surface area contributed by atoms with Gasteiger partial charge in [0.2, 0.25) is 0 Å². The highest BCUT2D eigenvalue weighted by molar-refractivity contribution is 7.81. The van der Waals surface area contributed by atoms with Gasteiger partial charge in [0.25, 0.3) is 0 Å². The molecule has 0 aliphatic heterocycles. The van der Waals surface area contributed by atoms with Gasteiger partial charge in [-0.2, -0.15) is 0 Å². The van der Waals surface area contributed by atoms with E-state index in [9.17, 15) is 9.90 Å². The molecular weight excluding hydrogens is 244 g/mol. The summed E-state index contributed by atoms with van der Waals surface area (Å²) < 4.78 is 0. The van der Waals surface area contributed by atoms with Gasteiger partial charge in [0.05, 0.1) is 5.56 Å². The predicted molar refractivity (Wildman–Crippen MR) is 77.2 cm³/mol. The molecule has 92 valence electrons. The Morgan fingerprint density at radius 1 is 1.28 bits per heavy atom. The van der Waals surface area contributed by atoms with Crippen LogP contribution in [0.25, 0.3) is 5.57 Å². The Morgan fingerprint density at radius 3 is 2.61 bits per heavy atom. The number of hydrogen-bond donors (Lipinski definition) is 1. The van der Waals surface area contributed by atoms with Crippen LogP contribution in [0.15, 0.2) is 30.4 Å². The monoisotopic (exact) mass is 258 g/mol. The van der Waals surface area contributed by atoms with Crippen LogP contribution in [-0.2, 0) is 0 Å². The molecule has 2 nitrogen and oxygen atoms in total. The lowest BCUT2D eigenvalue weighted by atomic mass is 9.90. The lowest BCUT2D eigenvalue weighted by Gasteiger charge is -2.15. The minimum atomic E-state index is -0.897. The molecule has 0 aromatic heterocycles. The zero-order valence-corrected chi connectivity index (χ0v) is 11.2. The number of benzene rings is 1. The van der Waals surface area contributed by atoms with Crippen molar-refractivity contribution < 1.29 is 9.90 Å². The molecule has 0 radical (unpaired) electrons. The highest BCUT2D eigenvalue weighted by Gasteiger charge is 2.16. The first-order chi connectivity index (χ1) is 8.50. The van der Waals surface area contributed by atoms with Crippen LogP contribution in [-0.4, -0.2) is 15.9 Å². The van der Waals surface area contributed by atoms with Crippen molar-refractivity contribution in [1.82, 2.24) is 0 Å². The van der Waals surface area contributed by atoms with Gasteiger partial charge in [-0.15, -0.1) is 0 Å². The van der Waals surface area contributed by atoms with E-state index in [0.717, 1.165) is 33.5 Å². The van der Waals surface area contributed by atoms with E-state index in [1.54, 1.807) is 6.07 Å². The van der Waals surface area contributed by atoms with Crippen LogP contribution >= 0.6 is 12.2 Å². The van der Waals surface area contributed by atoms with Crippen molar-refractivity contribution in [2.45, 2.75) is 20.3 Å². The summed E-state index contributed by atoms with van der Waals surface area (Å²) in [5.74, 6) is -0.897. The summed E-state index contributed by atoms with van der Waals surface area (Å²) in [7, 11) is 0. The molecule has 0 spiro atoms. The number of carbonyl (C=O) groups is 1. The number of rotatable bonds is 2. The third-order valence-electron chi connectivity index (χ3n) is 3.09. The number of thiocarbonyl (C=S) groups is 1. The van der Waals surface area contributed by atoms with Crippen molar-refractivity contribution in [2.24, 2.45) is 0 Å². The standard InChI is InChI=1S/C15H14O2S/c1-9-7-10(2)13(15(16)17)8-12(9)11-5-3-4-6-14(11)18/h3-5,7-8H,6H2,1-2H3,(H,16,17). The summed E-state index contributed by atoms with van der Waals surface area (Å²) in [6.07, 6.45) is 6.67. The molecule has 3 heteroatoms. The first-order valence-electron chi connectivity index (χ1n) is 5.75. The van der Waals surface area contributed by atoms with E-state index in [1.165, 1.54) is 0 Å². The molecule has 1 N–H and O–H groups in total. The first-order valence-corrected chi connectivity index (χ1v) is 6.16. The fraction of sp³-hybridized carbons (Fsp3) is 0.200. The summed E-state index contributed by atoms with van der Waals surface area (Å²) in [6, 6.07) is 3.63. The van der Waals surface area contributed by atoms with Gasteiger partial charge in [0, 0.05) is 11.3 Å². The maximum Gasteiger partial charge on any atom is 0.335 e. The van der Waals surface area contributed by atoms with Crippen LogP contribution in [0.5, 0.6) is 0 Å². The fourth-order valence-electron chi connectivity index (χ4n) is 2.16. The second-order valence-corrected chi connectivity index (χ2v) is 4.92. The Kier molecular flexibility index (Phi) is 3.43. The first kappa shape index (κ1) is 12.7. The molecule has 0 fully saturated rings. The minimum Gasteiger partial charge on any atom is -0.478 e. The Labute approximate surface area is 112 Å². The zero-order valence-electron chi connectivity index (χ0n) is 10.4. The Hall–Kier alpha value is -1.74. The van der Waals surface area contributed by atoms with E-state index in [4.69, 9.17) is 12.2 Å². The Morgan fingerprint density at radius 2 is 2.00 bits per heavy atom. The lowest BCUT2D eigenvalue weighted by Crippen LogP contribution is -2.06. The van der Waals surface area contributed by atoms with Crippen LogP contribution in [0.3, 0.4) is 0 Å². The molecule has 0 saturated heterocycles. The van der Waals surface area contributed by atoms with E-state index in [1.807, 2.05) is 38.1 Å². The molecule has 0 heterocycles. The third kappa shape index (κ3) is 2.27. The van der Waals surface area contributed by atoms with Crippen molar-refractivity contribution in [1.29, 1.82) is 0 Å². The van der Waals surface area contributed by atoms with Crippen LogP contribution in [0.4, 0.5) is 0 Å². The van der Waals surface area contributed by atoms with Gasteiger partial charge in [-0.1, -0.05) is 36.5 Å². The van der Waals surface area contributed by atoms with Gasteiger partial charge >= 0.3 is 5.97 Å². The van der Waals surface area contributed by atoms with Gasteiger partial charge in [0.15, 0.2) is 0 Å².